The Hall–Kier alpha value is -2.42. The van der Waals surface area contributed by atoms with Crippen LogP contribution in [0.2, 0.25) is 0 Å². The van der Waals surface area contributed by atoms with E-state index in [0.29, 0.717) is 21.9 Å². The summed E-state index contributed by atoms with van der Waals surface area (Å²) < 4.78 is 27.1. The molecular weight excluding hydrogens is 434 g/mol. The Morgan fingerprint density at radius 1 is 1.07 bits per heavy atom. The van der Waals surface area contributed by atoms with Gasteiger partial charge >= 0.3 is 0 Å². The highest BCUT2D eigenvalue weighted by atomic mass is 32.2. The van der Waals surface area contributed by atoms with Gasteiger partial charge in [0.15, 0.2) is 9.84 Å². The number of thioether (sulfide) groups is 1. The zero-order valence-electron chi connectivity index (χ0n) is 16.7. The molecular formula is C22H23N3O2S3. The fraction of sp³-hybridized carbons (Fsp3) is 0.136. The summed E-state index contributed by atoms with van der Waals surface area (Å²) in [6.45, 7) is 2.10. The predicted octanol–water partition coefficient (Wildman–Crippen LogP) is 5.32. The van der Waals surface area contributed by atoms with Crippen LogP contribution < -0.4 is 10.5 Å². The Balaban J connectivity index is 1.81. The molecule has 0 aliphatic rings. The molecule has 4 N–H and O–H groups in total. The molecule has 0 aliphatic heterocycles. The number of nitrogens with two attached hydrogens (primary N) is 1. The van der Waals surface area contributed by atoms with E-state index in [4.69, 9.17) is 11.1 Å². The van der Waals surface area contributed by atoms with E-state index < -0.39 is 9.84 Å². The molecule has 8 heteroatoms. The topological polar surface area (TPSA) is 96.0 Å². The number of hydrogen-bond donors (Lipinski definition) is 3. The van der Waals surface area contributed by atoms with Gasteiger partial charge in [0.1, 0.15) is 0 Å². The summed E-state index contributed by atoms with van der Waals surface area (Å²) in [5.41, 5.74) is 9.12. The maximum Gasteiger partial charge on any atom is 0.176 e. The van der Waals surface area contributed by atoms with Gasteiger partial charge in [0.25, 0.3) is 0 Å². The minimum absolute atomic E-state index is 0.274. The average Bonchev–Trinajstić information content (AvgIpc) is 2.73. The summed E-state index contributed by atoms with van der Waals surface area (Å²) in [6.07, 6.45) is 1.19. The lowest BCUT2D eigenvalue weighted by molar-refractivity contribution is 0.600. The van der Waals surface area contributed by atoms with Crippen molar-refractivity contribution in [3.05, 3.63) is 77.9 Å². The molecule has 156 valence electrons. The van der Waals surface area contributed by atoms with Gasteiger partial charge in [-0.3, -0.25) is 5.41 Å². The quantitative estimate of drug-likeness (QED) is 0.183. The lowest BCUT2D eigenvalue weighted by Gasteiger charge is -2.13. The molecule has 0 saturated carbocycles. The summed E-state index contributed by atoms with van der Waals surface area (Å²) >= 11 is 2.97. The molecule has 0 fully saturated rings. The molecule has 0 saturated heterocycles. The van der Waals surface area contributed by atoms with E-state index in [1.54, 1.807) is 42.1 Å². The molecule has 3 rings (SSSR count). The molecule has 5 nitrogen and oxygen atoms in total. The van der Waals surface area contributed by atoms with Gasteiger partial charge in [0.05, 0.1) is 10.6 Å². The number of sulfone groups is 1. The Bertz CT molecular complexity index is 1160. The van der Waals surface area contributed by atoms with Crippen molar-refractivity contribution in [3.63, 3.8) is 0 Å². The van der Waals surface area contributed by atoms with Crippen molar-refractivity contribution in [1.29, 1.82) is 5.41 Å². The highest BCUT2D eigenvalue weighted by Crippen LogP contribution is 2.29. The number of hydrogen-bond acceptors (Lipinski definition) is 7. The van der Waals surface area contributed by atoms with Crippen molar-refractivity contribution in [2.75, 3.05) is 22.5 Å². The van der Waals surface area contributed by atoms with Gasteiger partial charge in [-0.1, -0.05) is 31.2 Å². The molecule has 0 amide bonds. The largest absolute Gasteiger partial charge is 0.398 e. The SMILES string of the molecule is CCSc1ccc(C(=N)c2cc(NSc3ccccc3S(C)(=O)=O)ccc2N)cc1. The van der Waals surface area contributed by atoms with Gasteiger partial charge in [0, 0.05) is 38.5 Å². The van der Waals surface area contributed by atoms with Gasteiger partial charge in [-0.2, -0.15) is 0 Å². The second kappa shape index (κ2) is 9.59. The van der Waals surface area contributed by atoms with Gasteiger partial charge in [-0.25, -0.2) is 8.42 Å². The van der Waals surface area contributed by atoms with Crippen LogP contribution in [0.3, 0.4) is 0 Å². The predicted molar refractivity (Wildman–Crippen MR) is 129 cm³/mol. The third-order valence-electron chi connectivity index (χ3n) is 4.30. The van der Waals surface area contributed by atoms with Gasteiger partial charge in [-0.15, -0.1) is 11.8 Å². The number of nitrogens with one attached hydrogen (secondary N) is 2. The molecule has 30 heavy (non-hydrogen) atoms. The van der Waals surface area contributed by atoms with Crippen molar-refractivity contribution >= 4 is 50.6 Å². The van der Waals surface area contributed by atoms with Gasteiger partial charge in [0.2, 0.25) is 0 Å². The molecule has 0 heterocycles. The maximum absolute atomic E-state index is 12.0. The number of benzene rings is 3. The zero-order chi connectivity index (χ0) is 21.7. The number of nitrogen functional groups attached to an aromatic ring is 1. The van der Waals surface area contributed by atoms with E-state index in [2.05, 4.69) is 11.6 Å². The first-order valence-corrected chi connectivity index (χ1v) is 12.9. The summed E-state index contributed by atoms with van der Waals surface area (Å²) in [5, 5.41) is 8.59. The van der Waals surface area contributed by atoms with Crippen LogP contribution in [0, 0.1) is 5.41 Å². The molecule has 0 aliphatic carbocycles. The monoisotopic (exact) mass is 457 g/mol. The molecule has 0 bridgehead atoms. The Kier molecular flexibility index (Phi) is 7.12. The van der Waals surface area contributed by atoms with Crippen LogP contribution >= 0.6 is 23.7 Å². The van der Waals surface area contributed by atoms with Crippen molar-refractivity contribution in [2.45, 2.75) is 21.6 Å². The standard InChI is InChI=1S/C22H23N3O2S3/c1-3-28-17-11-8-15(9-12-17)22(24)18-14-16(10-13-19(18)23)25-29-20-6-4-5-7-21(20)30(2,26)27/h4-14,24-25H,3,23H2,1-2H3. The lowest BCUT2D eigenvalue weighted by Crippen LogP contribution is -2.06. The summed E-state index contributed by atoms with van der Waals surface area (Å²) in [5.74, 6) is 0.998. The van der Waals surface area contributed by atoms with Crippen LogP contribution in [0.5, 0.6) is 0 Å². The Labute approximate surface area is 186 Å². The van der Waals surface area contributed by atoms with E-state index in [1.807, 2.05) is 36.4 Å². The first-order valence-electron chi connectivity index (χ1n) is 9.23. The molecule has 3 aromatic rings. The van der Waals surface area contributed by atoms with Crippen LogP contribution in [0.1, 0.15) is 18.1 Å². The van der Waals surface area contributed by atoms with E-state index in [0.717, 1.165) is 17.0 Å². The second-order valence-corrected chi connectivity index (χ2v) is 10.7. The Morgan fingerprint density at radius 3 is 2.43 bits per heavy atom. The summed E-state index contributed by atoms with van der Waals surface area (Å²) in [4.78, 5) is 2.05. The number of rotatable bonds is 8. The van der Waals surface area contributed by atoms with Crippen LogP contribution in [-0.2, 0) is 9.84 Å². The van der Waals surface area contributed by atoms with Crippen molar-refractivity contribution < 1.29 is 8.42 Å². The van der Waals surface area contributed by atoms with Crippen molar-refractivity contribution in [1.82, 2.24) is 0 Å². The van der Waals surface area contributed by atoms with E-state index in [9.17, 15) is 8.42 Å². The van der Waals surface area contributed by atoms with Crippen LogP contribution in [0.15, 0.2) is 81.4 Å². The molecule has 0 spiro atoms. The van der Waals surface area contributed by atoms with E-state index in [1.165, 1.54) is 23.1 Å². The highest BCUT2D eigenvalue weighted by molar-refractivity contribution is 8.01. The highest BCUT2D eigenvalue weighted by Gasteiger charge is 2.14. The molecule has 0 unspecified atom stereocenters. The average molecular weight is 458 g/mol. The van der Waals surface area contributed by atoms with E-state index in [-0.39, 0.29) is 4.90 Å². The van der Waals surface area contributed by atoms with Crippen LogP contribution in [0.4, 0.5) is 11.4 Å². The van der Waals surface area contributed by atoms with Gasteiger partial charge in [-0.05, 0) is 60.2 Å². The first kappa shape index (κ1) is 22.3. The molecule has 3 aromatic carbocycles. The third-order valence-corrected chi connectivity index (χ3v) is 7.40. The van der Waals surface area contributed by atoms with Crippen LogP contribution in [0.25, 0.3) is 0 Å². The summed E-state index contributed by atoms with van der Waals surface area (Å²) in [7, 11) is -3.33. The second-order valence-electron chi connectivity index (χ2n) is 6.56. The first-order chi connectivity index (χ1) is 14.3. The number of anilines is 2. The maximum atomic E-state index is 12.0. The molecule has 0 radical (unpaired) electrons. The Morgan fingerprint density at radius 2 is 1.77 bits per heavy atom. The van der Waals surface area contributed by atoms with Crippen molar-refractivity contribution in [3.8, 4) is 0 Å². The van der Waals surface area contributed by atoms with Crippen LogP contribution in [-0.4, -0.2) is 26.1 Å². The smallest absolute Gasteiger partial charge is 0.176 e. The fourth-order valence-electron chi connectivity index (χ4n) is 2.83. The minimum atomic E-state index is -3.33. The third kappa shape index (κ3) is 5.38. The van der Waals surface area contributed by atoms with E-state index >= 15 is 0 Å². The summed E-state index contributed by atoms with van der Waals surface area (Å²) in [6, 6.07) is 20.1. The molecule has 0 aromatic heterocycles. The lowest BCUT2D eigenvalue weighted by atomic mass is 10.0. The van der Waals surface area contributed by atoms with Gasteiger partial charge < -0.3 is 10.5 Å². The van der Waals surface area contributed by atoms with Crippen molar-refractivity contribution in [2.24, 2.45) is 0 Å². The normalized spacial score (nSPS) is 11.3. The molecule has 0 atom stereocenters. The zero-order valence-corrected chi connectivity index (χ0v) is 19.1. The fourth-order valence-corrected chi connectivity index (χ4v) is 5.50. The minimum Gasteiger partial charge on any atom is -0.398 e.